The van der Waals surface area contributed by atoms with Crippen molar-refractivity contribution in [2.75, 3.05) is 0 Å². The average molecular weight is 325 g/mol. The Bertz CT molecular complexity index is 1220. The number of hydrogen-bond acceptors (Lipinski definition) is 2. The number of nitrogens with zero attached hydrogens (tertiary/aromatic N) is 4. The Labute approximate surface area is 145 Å². The molecule has 0 radical (unpaired) electrons. The van der Waals surface area contributed by atoms with Gasteiger partial charge in [0.25, 0.3) is 5.65 Å². The maximum Gasteiger partial charge on any atom is 0.323 e. The molecule has 5 rings (SSSR count). The maximum atomic E-state index is 4.87. The lowest BCUT2D eigenvalue weighted by atomic mass is 10.1. The van der Waals surface area contributed by atoms with E-state index in [9.17, 15) is 0 Å². The summed E-state index contributed by atoms with van der Waals surface area (Å²) in [6, 6.07) is 22.8. The molecule has 0 spiro atoms. The summed E-state index contributed by atoms with van der Waals surface area (Å²) in [7, 11) is 0. The van der Waals surface area contributed by atoms with E-state index >= 15 is 0 Å². The summed E-state index contributed by atoms with van der Waals surface area (Å²) in [4.78, 5) is 9.72. The number of rotatable bonds is 2. The van der Waals surface area contributed by atoms with Crippen molar-refractivity contribution in [3.63, 3.8) is 0 Å². The molecule has 2 aromatic carbocycles. The van der Waals surface area contributed by atoms with E-state index in [1.54, 1.807) is 0 Å². The standard InChI is InChI=1S/C21H17N4/c1-2-24-19-14-16(15-8-4-3-5-9-15)12-13-25(19)21-20(24)22-17-10-6-7-11-18(17)23-21/h3-14H,2H2,1H3/q+1. The van der Waals surface area contributed by atoms with Crippen molar-refractivity contribution in [3.05, 3.63) is 72.9 Å². The molecule has 0 aliphatic heterocycles. The smallest absolute Gasteiger partial charge is 0.225 e. The second kappa shape index (κ2) is 5.38. The topological polar surface area (TPSA) is 34.1 Å². The molecular weight excluding hydrogens is 308 g/mol. The Balaban J connectivity index is 1.87. The van der Waals surface area contributed by atoms with Gasteiger partial charge < -0.3 is 0 Å². The van der Waals surface area contributed by atoms with Crippen molar-refractivity contribution >= 4 is 28.0 Å². The van der Waals surface area contributed by atoms with Gasteiger partial charge in [-0.05, 0) is 36.2 Å². The van der Waals surface area contributed by atoms with E-state index in [2.05, 4.69) is 58.5 Å². The SMILES string of the molecule is CC[n+]1c2nc3ccccc3nc2n2ccc(-c3ccccc3)cc21. The van der Waals surface area contributed by atoms with Gasteiger partial charge in [0, 0.05) is 6.07 Å². The predicted octanol–water partition coefficient (Wildman–Crippen LogP) is 4.01. The molecule has 0 aliphatic rings. The largest absolute Gasteiger partial charge is 0.323 e. The van der Waals surface area contributed by atoms with Gasteiger partial charge in [-0.1, -0.05) is 47.4 Å². The third-order valence-corrected chi connectivity index (χ3v) is 4.65. The molecule has 3 aromatic heterocycles. The number of para-hydroxylation sites is 2. The first-order chi connectivity index (χ1) is 12.3. The molecule has 4 nitrogen and oxygen atoms in total. The minimum absolute atomic E-state index is 0.845. The van der Waals surface area contributed by atoms with Crippen LogP contribution in [0.4, 0.5) is 0 Å². The van der Waals surface area contributed by atoms with E-state index in [4.69, 9.17) is 9.97 Å². The fourth-order valence-electron chi connectivity index (χ4n) is 3.43. The molecule has 0 N–H and O–H groups in total. The van der Waals surface area contributed by atoms with Crippen LogP contribution in [0.3, 0.4) is 0 Å². The van der Waals surface area contributed by atoms with Crippen LogP contribution in [-0.4, -0.2) is 14.4 Å². The Morgan fingerprint density at radius 3 is 2.32 bits per heavy atom. The van der Waals surface area contributed by atoms with E-state index < -0.39 is 0 Å². The van der Waals surface area contributed by atoms with E-state index in [-0.39, 0.29) is 0 Å². The zero-order valence-corrected chi connectivity index (χ0v) is 13.9. The Morgan fingerprint density at radius 2 is 1.56 bits per heavy atom. The number of hydrogen-bond donors (Lipinski definition) is 0. The van der Waals surface area contributed by atoms with Crippen molar-refractivity contribution in [1.82, 2.24) is 14.4 Å². The van der Waals surface area contributed by atoms with Crippen LogP contribution in [0.5, 0.6) is 0 Å². The first-order valence-electron chi connectivity index (χ1n) is 8.51. The van der Waals surface area contributed by atoms with E-state index in [1.165, 1.54) is 11.1 Å². The third-order valence-electron chi connectivity index (χ3n) is 4.65. The minimum atomic E-state index is 0.845. The number of aromatic nitrogens is 4. The minimum Gasteiger partial charge on any atom is -0.225 e. The normalized spacial score (nSPS) is 11.6. The van der Waals surface area contributed by atoms with Crippen LogP contribution in [0.25, 0.3) is 39.1 Å². The third kappa shape index (κ3) is 2.11. The zero-order chi connectivity index (χ0) is 16.8. The lowest BCUT2D eigenvalue weighted by Gasteiger charge is -2.01. The van der Waals surface area contributed by atoms with Crippen molar-refractivity contribution < 1.29 is 4.57 Å². The van der Waals surface area contributed by atoms with Gasteiger partial charge in [-0.2, -0.15) is 0 Å². The molecule has 120 valence electrons. The van der Waals surface area contributed by atoms with Crippen LogP contribution in [0, 0.1) is 0 Å². The van der Waals surface area contributed by atoms with Gasteiger partial charge in [0.15, 0.2) is 5.52 Å². The molecule has 0 bridgehead atoms. The molecule has 3 heterocycles. The molecule has 4 heteroatoms. The number of benzene rings is 2. The van der Waals surface area contributed by atoms with Crippen LogP contribution in [0.1, 0.15) is 6.92 Å². The Kier molecular flexibility index (Phi) is 3.04. The predicted molar refractivity (Wildman–Crippen MR) is 99.3 cm³/mol. The molecule has 0 atom stereocenters. The van der Waals surface area contributed by atoms with E-state index in [1.807, 2.05) is 30.3 Å². The first kappa shape index (κ1) is 14.1. The first-order valence-corrected chi connectivity index (χ1v) is 8.51. The van der Waals surface area contributed by atoms with Crippen LogP contribution < -0.4 is 4.57 Å². The monoisotopic (exact) mass is 325 g/mol. The second-order valence-electron chi connectivity index (χ2n) is 6.11. The highest BCUT2D eigenvalue weighted by molar-refractivity contribution is 5.83. The molecule has 0 saturated carbocycles. The van der Waals surface area contributed by atoms with Crippen molar-refractivity contribution in [2.24, 2.45) is 0 Å². The number of pyridine rings is 1. The van der Waals surface area contributed by atoms with Crippen molar-refractivity contribution in [3.8, 4) is 11.1 Å². The van der Waals surface area contributed by atoms with Gasteiger partial charge in [0.2, 0.25) is 5.65 Å². The number of aryl methyl sites for hydroxylation is 1. The van der Waals surface area contributed by atoms with Gasteiger partial charge in [0.1, 0.15) is 5.52 Å². The van der Waals surface area contributed by atoms with Gasteiger partial charge in [0.05, 0.1) is 12.7 Å². The summed E-state index contributed by atoms with van der Waals surface area (Å²) in [5, 5.41) is 0. The molecule has 0 amide bonds. The Hall–Kier alpha value is -3.27. The molecule has 0 fully saturated rings. The molecule has 25 heavy (non-hydrogen) atoms. The highest BCUT2D eigenvalue weighted by atomic mass is 15.2. The van der Waals surface area contributed by atoms with Crippen molar-refractivity contribution in [2.45, 2.75) is 13.5 Å². The molecule has 0 aliphatic carbocycles. The van der Waals surface area contributed by atoms with Crippen LogP contribution in [0.2, 0.25) is 0 Å². The fourth-order valence-corrected chi connectivity index (χ4v) is 3.43. The number of fused-ring (bicyclic) bond motifs is 4. The Morgan fingerprint density at radius 1 is 0.840 bits per heavy atom. The highest BCUT2D eigenvalue weighted by Gasteiger charge is 2.21. The average Bonchev–Trinajstić information content (AvgIpc) is 2.98. The van der Waals surface area contributed by atoms with E-state index in [0.717, 1.165) is 34.5 Å². The number of imidazole rings is 1. The summed E-state index contributed by atoms with van der Waals surface area (Å²) in [5.74, 6) is 0. The lowest BCUT2D eigenvalue weighted by Crippen LogP contribution is -2.32. The molecular formula is C21H17N4+. The summed E-state index contributed by atoms with van der Waals surface area (Å²) in [6.45, 7) is 2.99. The van der Waals surface area contributed by atoms with Crippen molar-refractivity contribution in [1.29, 1.82) is 0 Å². The van der Waals surface area contributed by atoms with Gasteiger partial charge in [-0.25, -0.2) is 14.0 Å². The summed E-state index contributed by atoms with van der Waals surface area (Å²) in [5.41, 5.74) is 7.18. The molecule has 0 saturated heterocycles. The van der Waals surface area contributed by atoms with Gasteiger partial charge in [-0.3, -0.25) is 0 Å². The van der Waals surface area contributed by atoms with Crippen LogP contribution >= 0.6 is 0 Å². The van der Waals surface area contributed by atoms with E-state index in [0.29, 0.717) is 0 Å². The summed E-state index contributed by atoms with van der Waals surface area (Å²) >= 11 is 0. The zero-order valence-electron chi connectivity index (χ0n) is 13.9. The maximum absolute atomic E-state index is 4.87. The van der Waals surface area contributed by atoms with Gasteiger partial charge in [-0.15, -0.1) is 0 Å². The quantitative estimate of drug-likeness (QED) is 0.460. The summed E-state index contributed by atoms with van der Waals surface area (Å²) < 4.78 is 4.35. The summed E-state index contributed by atoms with van der Waals surface area (Å²) in [6.07, 6.45) is 2.09. The second-order valence-corrected chi connectivity index (χ2v) is 6.11. The molecule has 5 aromatic rings. The van der Waals surface area contributed by atoms with Crippen LogP contribution in [0.15, 0.2) is 72.9 Å². The highest BCUT2D eigenvalue weighted by Crippen LogP contribution is 2.22. The van der Waals surface area contributed by atoms with Gasteiger partial charge >= 0.3 is 5.65 Å². The fraction of sp³-hybridized carbons (Fsp3) is 0.0952. The lowest BCUT2D eigenvalue weighted by molar-refractivity contribution is -0.644. The molecule has 0 unspecified atom stereocenters. The van der Waals surface area contributed by atoms with Crippen LogP contribution in [-0.2, 0) is 6.54 Å².